The Kier molecular flexibility index (Phi) is 5.67. The number of benzene rings is 1. The van der Waals surface area contributed by atoms with Crippen molar-refractivity contribution in [3.8, 4) is 0 Å². The molecular formula is C18H26ClN4O+. The lowest BCUT2D eigenvalue weighted by Gasteiger charge is -2.36. The SMILES string of the molecule is C[N+](C)(C)CC(=O)N1CCN(c2ccc3ccccc3n2)CC1.Cl. The molecule has 1 aliphatic heterocycles. The number of halogens is 1. The molecule has 2 heterocycles. The molecule has 0 atom stereocenters. The van der Waals surface area contributed by atoms with E-state index in [4.69, 9.17) is 4.98 Å². The van der Waals surface area contributed by atoms with Crippen LogP contribution in [0.4, 0.5) is 5.82 Å². The lowest BCUT2D eigenvalue weighted by Crippen LogP contribution is -2.53. The summed E-state index contributed by atoms with van der Waals surface area (Å²) in [6.07, 6.45) is 0. The summed E-state index contributed by atoms with van der Waals surface area (Å²) in [5.41, 5.74) is 1.02. The Hall–Kier alpha value is -1.85. The van der Waals surface area contributed by atoms with Gasteiger partial charge in [0.15, 0.2) is 6.54 Å². The molecule has 2 aromatic rings. The second-order valence-corrected chi connectivity index (χ2v) is 7.18. The predicted molar refractivity (Wildman–Crippen MR) is 101 cm³/mol. The molecule has 0 bridgehead atoms. The van der Waals surface area contributed by atoms with Crippen LogP contribution in [-0.2, 0) is 4.79 Å². The van der Waals surface area contributed by atoms with Crippen molar-refractivity contribution in [3.63, 3.8) is 0 Å². The van der Waals surface area contributed by atoms with Gasteiger partial charge in [-0.25, -0.2) is 4.98 Å². The number of rotatable bonds is 3. The number of amides is 1. The van der Waals surface area contributed by atoms with E-state index in [0.717, 1.165) is 42.9 Å². The molecule has 0 N–H and O–H groups in total. The van der Waals surface area contributed by atoms with E-state index in [2.05, 4.69) is 23.1 Å². The molecule has 1 aromatic carbocycles. The van der Waals surface area contributed by atoms with Crippen molar-refractivity contribution in [3.05, 3.63) is 36.4 Å². The highest BCUT2D eigenvalue weighted by Gasteiger charge is 2.25. The highest BCUT2D eigenvalue weighted by molar-refractivity contribution is 5.85. The molecule has 1 amide bonds. The van der Waals surface area contributed by atoms with Crippen LogP contribution in [0, 0.1) is 0 Å². The monoisotopic (exact) mass is 349 g/mol. The number of likely N-dealkylation sites (N-methyl/N-ethyl adjacent to an activating group) is 1. The van der Waals surface area contributed by atoms with Gasteiger partial charge in [-0.3, -0.25) is 4.79 Å². The number of aromatic nitrogens is 1. The number of fused-ring (bicyclic) bond motifs is 1. The molecule has 130 valence electrons. The molecule has 6 heteroatoms. The smallest absolute Gasteiger partial charge is 0.277 e. The van der Waals surface area contributed by atoms with E-state index in [1.807, 2.05) is 44.2 Å². The Morgan fingerprint density at radius 2 is 1.71 bits per heavy atom. The van der Waals surface area contributed by atoms with Gasteiger partial charge in [0, 0.05) is 31.6 Å². The highest BCUT2D eigenvalue weighted by atomic mass is 35.5. The fourth-order valence-corrected chi connectivity index (χ4v) is 2.92. The molecule has 0 radical (unpaired) electrons. The molecular weight excluding hydrogens is 324 g/mol. The van der Waals surface area contributed by atoms with Crippen LogP contribution in [0.25, 0.3) is 10.9 Å². The zero-order chi connectivity index (χ0) is 16.4. The maximum atomic E-state index is 12.3. The molecule has 24 heavy (non-hydrogen) atoms. The summed E-state index contributed by atoms with van der Waals surface area (Å²) >= 11 is 0. The standard InChI is InChI=1S/C18H25N4O.ClH/c1-22(2,3)14-18(23)21-12-10-20(11-13-21)17-9-8-15-6-4-5-7-16(15)19-17;/h4-9H,10-14H2,1-3H3;1H/q+1;. The minimum absolute atomic E-state index is 0. The molecule has 0 spiro atoms. The lowest BCUT2D eigenvalue weighted by molar-refractivity contribution is -0.862. The maximum absolute atomic E-state index is 12.3. The number of nitrogens with zero attached hydrogens (tertiary/aromatic N) is 4. The van der Waals surface area contributed by atoms with Crippen molar-refractivity contribution >= 4 is 35.0 Å². The zero-order valence-corrected chi connectivity index (χ0v) is 15.4. The first-order valence-corrected chi connectivity index (χ1v) is 8.11. The molecule has 1 aromatic heterocycles. The van der Waals surface area contributed by atoms with Crippen LogP contribution in [0.2, 0.25) is 0 Å². The first kappa shape index (κ1) is 18.5. The summed E-state index contributed by atoms with van der Waals surface area (Å²) in [6.45, 7) is 3.78. The number of para-hydroxylation sites is 1. The van der Waals surface area contributed by atoms with Gasteiger partial charge in [0.1, 0.15) is 5.82 Å². The van der Waals surface area contributed by atoms with Gasteiger partial charge in [-0.05, 0) is 18.2 Å². The van der Waals surface area contributed by atoms with E-state index in [1.165, 1.54) is 0 Å². The second-order valence-electron chi connectivity index (χ2n) is 7.18. The summed E-state index contributed by atoms with van der Waals surface area (Å²) in [7, 11) is 6.15. The number of carbonyl (C=O) groups is 1. The van der Waals surface area contributed by atoms with E-state index in [-0.39, 0.29) is 18.3 Å². The van der Waals surface area contributed by atoms with Crippen LogP contribution in [0.3, 0.4) is 0 Å². The predicted octanol–water partition coefficient (Wildman–Crippen LogP) is 2.01. The summed E-state index contributed by atoms with van der Waals surface area (Å²) in [5.74, 6) is 1.24. The van der Waals surface area contributed by atoms with Crippen molar-refractivity contribution < 1.29 is 9.28 Å². The third-order valence-corrected chi connectivity index (χ3v) is 4.15. The van der Waals surface area contributed by atoms with Gasteiger partial charge in [-0.1, -0.05) is 18.2 Å². The second kappa shape index (κ2) is 7.36. The number of piperazine rings is 1. The quantitative estimate of drug-likeness (QED) is 0.795. The minimum atomic E-state index is 0. The largest absolute Gasteiger partial charge is 0.353 e. The molecule has 0 aliphatic carbocycles. The normalized spacial score (nSPS) is 15.3. The Morgan fingerprint density at radius 3 is 2.38 bits per heavy atom. The number of hydrogen-bond donors (Lipinski definition) is 0. The third kappa shape index (κ3) is 4.36. The average Bonchev–Trinajstić information content (AvgIpc) is 2.53. The maximum Gasteiger partial charge on any atom is 0.277 e. The summed E-state index contributed by atoms with van der Waals surface area (Å²) in [6, 6.07) is 12.4. The van der Waals surface area contributed by atoms with Crippen molar-refractivity contribution in [2.75, 3.05) is 58.8 Å². The highest BCUT2D eigenvalue weighted by Crippen LogP contribution is 2.19. The van der Waals surface area contributed by atoms with Gasteiger partial charge in [-0.15, -0.1) is 12.4 Å². The van der Waals surface area contributed by atoms with E-state index in [1.54, 1.807) is 0 Å². The van der Waals surface area contributed by atoms with Crippen LogP contribution in [0.1, 0.15) is 0 Å². The van der Waals surface area contributed by atoms with Gasteiger partial charge in [0.05, 0.1) is 26.7 Å². The summed E-state index contributed by atoms with van der Waals surface area (Å²) < 4.78 is 0.672. The van der Waals surface area contributed by atoms with Crippen LogP contribution in [0.5, 0.6) is 0 Å². The van der Waals surface area contributed by atoms with Crippen LogP contribution in [-0.4, -0.2) is 74.1 Å². The molecule has 0 saturated carbocycles. The van der Waals surface area contributed by atoms with Gasteiger partial charge < -0.3 is 14.3 Å². The number of hydrogen-bond acceptors (Lipinski definition) is 3. The van der Waals surface area contributed by atoms with Crippen molar-refractivity contribution in [1.29, 1.82) is 0 Å². The number of pyridine rings is 1. The van der Waals surface area contributed by atoms with Crippen LogP contribution < -0.4 is 4.90 Å². The van der Waals surface area contributed by atoms with Gasteiger partial charge in [-0.2, -0.15) is 0 Å². The number of carbonyl (C=O) groups excluding carboxylic acids is 1. The Morgan fingerprint density at radius 1 is 1.04 bits per heavy atom. The third-order valence-electron chi connectivity index (χ3n) is 4.15. The molecule has 3 rings (SSSR count). The van der Waals surface area contributed by atoms with E-state index < -0.39 is 0 Å². The average molecular weight is 350 g/mol. The molecule has 1 fully saturated rings. The summed E-state index contributed by atoms with van der Waals surface area (Å²) in [5, 5.41) is 1.16. The van der Waals surface area contributed by atoms with Crippen LogP contribution >= 0.6 is 12.4 Å². The Labute approximate surface area is 149 Å². The van der Waals surface area contributed by atoms with E-state index in [0.29, 0.717) is 11.0 Å². The topological polar surface area (TPSA) is 36.4 Å². The molecule has 0 unspecified atom stereocenters. The lowest BCUT2D eigenvalue weighted by atomic mass is 10.2. The molecule has 1 saturated heterocycles. The first-order valence-electron chi connectivity index (χ1n) is 8.11. The van der Waals surface area contributed by atoms with E-state index >= 15 is 0 Å². The van der Waals surface area contributed by atoms with Gasteiger partial charge in [0.25, 0.3) is 5.91 Å². The Bertz CT molecular complexity index is 705. The van der Waals surface area contributed by atoms with Gasteiger partial charge >= 0.3 is 0 Å². The fourth-order valence-electron chi connectivity index (χ4n) is 2.92. The number of anilines is 1. The van der Waals surface area contributed by atoms with Crippen molar-refractivity contribution in [2.45, 2.75) is 0 Å². The summed E-state index contributed by atoms with van der Waals surface area (Å²) in [4.78, 5) is 21.3. The fraction of sp³-hybridized carbons (Fsp3) is 0.444. The minimum Gasteiger partial charge on any atom is -0.353 e. The zero-order valence-electron chi connectivity index (χ0n) is 14.6. The van der Waals surface area contributed by atoms with Crippen molar-refractivity contribution in [2.24, 2.45) is 0 Å². The molecule has 5 nitrogen and oxygen atoms in total. The van der Waals surface area contributed by atoms with Crippen LogP contribution in [0.15, 0.2) is 36.4 Å². The first-order chi connectivity index (χ1) is 10.9. The van der Waals surface area contributed by atoms with Crippen molar-refractivity contribution in [1.82, 2.24) is 9.88 Å². The van der Waals surface area contributed by atoms with Gasteiger partial charge in [0.2, 0.25) is 0 Å². The number of quaternary nitrogens is 1. The molecule has 1 aliphatic rings. The Balaban J connectivity index is 0.00000208. The van der Waals surface area contributed by atoms with E-state index in [9.17, 15) is 4.79 Å².